The molecule has 0 aromatic rings. The summed E-state index contributed by atoms with van der Waals surface area (Å²) in [5.41, 5.74) is 0. The van der Waals surface area contributed by atoms with Crippen LogP contribution >= 0.6 is 0 Å². The number of carbonyl (C=O) groups excluding carboxylic acids is 2. The highest BCUT2D eigenvalue weighted by Gasteiger charge is 2.26. The number of rotatable bonds is 9. The number of piperidine rings is 1. The third-order valence-corrected chi connectivity index (χ3v) is 4.14. The zero-order chi connectivity index (χ0) is 16.4. The number of amides is 2. The van der Waals surface area contributed by atoms with E-state index in [1.807, 2.05) is 0 Å². The monoisotopic (exact) mass is 319 g/mol. The van der Waals surface area contributed by atoms with Gasteiger partial charge in [-0.2, -0.15) is 0 Å². The molecule has 0 aromatic carbocycles. The molecule has 2 amide bonds. The summed E-state index contributed by atoms with van der Waals surface area (Å²) in [7, 11) is 0. The predicted octanol–water partition coefficient (Wildman–Crippen LogP) is 0.152. The molecule has 1 rings (SSSR count). The van der Waals surface area contributed by atoms with Crippen molar-refractivity contribution in [3.8, 4) is 0 Å². The number of nitrogens with zero attached hydrogens (tertiary/aromatic N) is 1. The maximum absolute atomic E-state index is 12.0. The fourth-order valence-corrected chi connectivity index (χ4v) is 2.80. The molecule has 1 heterocycles. The van der Waals surface area contributed by atoms with E-state index >= 15 is 0 Å². The van der Waals surface area contributed by atoms with Crippen LogP contribution in [0.4, 0.5) is 0 Å². The molecule has 1 aliphatic heterocycles. The van der Waals surface area contributed by atoms with Crippen LogP contribution < -0.4 is 16.5 Å². The van der Waals surface area contributed by atoms with Crippen molar-refractivity contribution in [3.05, 3.63) is 0 Å². The molecule has 0 spiro atoms. The Bertz CT molecular complexity index is 342. The molecule has 128 valence electrons. The maximum Gasteiger partial charge on any atom is 0.234 e. The highest BCUT2D eigenvalue weighted by Crippen LogP contribution is 2.21. The molecule has 0 aliphatic carbocycles. The first-order valence-corrected chi connectivity index (χ1v) is 8.15. The third kappa shape index (κ3) is 7.20. The summed E-state index contributed by atoms with van der Waals surface area (Å²) in [4.78, 5) is 30.2. The van der Waals surface area contributed by atoms with Gasteiger partial charge in [-0.3, -0.25) is 14.5 Å². The molecule has 2 atom stereocenters. The summed E-state index contributed by atoms with van der Waals surface area (Å²) in [6.45, 7) is 6.07. The zero-order valence-corrected chi connectivity index (χ0v) is 13.8. The number of hydrogen-bond acceptors (Lipinski definition) is 5. The van der Waals surface area contributed by atoms with Gasteiger partial charge in [0.15, 0.2) is 0 Å². The Labute approximate surface area is 132 Å². The fraction of sp³-hybridized carbons (Fsp3) is 0.867. The van der Waals surface area contributed by atoms with E-state index in [-0.39, 0.29) is 11.8 Å². The molecular weight excluding hydrogens is 289 g/mol. The topological polar surface area (TPSA) is 96.7 Å². The van der Waals surface area contributed by atoms with E-state index in [0.717, 1.165) is 12.8 Å². The molecule has 1 saturated heterocycles. The molecule has 0 saturated carbocycles. The Kier molecular flexibility index (Phi) is 9.03. The van der Waals surface area contributed by atoms with Gasteiger partial charge in [0.2, 0.25) is 11.8 Å². The first-order valence-electron chi connectivity index (χ1n) is 8.15. The average molecular weight is 319 g/mol. The Morgan fingerprint density at radius 2 is 1.77 bits per heavy atom. The van der Waals surface area contributed by atoms with Crippen molar-refractivity contribution in [3.63, 3.8) is 0 Å². The van der Waals surface area contributed by atoms with Crippen LogP contribution in [0.25, 0.3) is 0 Å². The second kappa shape index (κ2) is 10.5. The first-order chi connectivity index (χ1) is 10.5. The smallest absolute Gasteiger partial charge is 0.234 e. The van der Waals surface area contributed by atoms with Crippen LogP contribution in [0.2, 0.25) is 0 Å². The average Bonchev–Trinajstić information content (AvgIpc) is 2.48. The lowest BCUT2D eigenvalue weighted by atomic mass is 10.0. The molecule has 0 radical (unpaired) electrons. The van der Waals surface area contributed by atoms with Gasteiger partial charge in [-0.1, -0.05) is 6.42 Å². The Morgan fingerprint density at radius 3 is 2.41 bits per heavy atom. The summed E-state index contributed by atoms with van der Waals surface area (Å²) >= 11 is 0. The van der Waals surface area contributed by atoms with Crippen LogP contribution in [0.1, 0.15) is 46.0 Å². The maximum atomic E-state index is 12.0. The molecule has 7 heteroatoms. The second-order valence-electron chi connectivity index (χ2n) is 5.98. The molecule has 0 unspecified atom stereocenters. The molecule has 1 fully saturated rings. The number of hydrogen-bond donors (Lipinski definition) is 3. The lowest BCUT2D eigenvalue weighted by Crippen LogP contribution is -2.49. The molecule has 22 heavy (non-hydrogen) atoms. The van der Waals surface area contributed by atoms with Crippen LogP contribution in [-0.4, -0.2) is 55.0 Å². The Morgan fingerprint density at radius 1 is 1.14 bits per heavy atom. The molecule has 0 aromatic heterocycles. The lowest BCUT2D eigenvalue weighted by molar-refractivity contribution is -0.124. The standard InChI is InChI=1S/C15H30N4O3/c1-12-5-3-6-13(2)19(12)11-15(21)18-9-7-14(20)17-8-4-10-22-16/h12-13H,3-11,16H2,1-2H3,(H,17,20)(H,18,21)/t12-,13+/i1+1,2+1,9+1,15+1,18+1. The summed E-state index contributed by atoms with van der Waals surface area (Å²) in [5.74, 6) is 4.81. The van der Waals surface area contributed by atoms with Crippen LogP contribution in [0.15, 0.2) is 0 Å². The van der Waals surface area contributed by atoms with Gasteiger partial charge in [0.05, 0.1) is 13.2 Å². The van der Waals surface area contributed by atoms with Crippen molar-refractivity contribution in [2.24, 2.45) is 5.90 Å². The van der Waals surface area contributed by atoms with Gasteiger partial charge in [0, 0.05) is 31.6 Å². The molecule has 7 nitrogen and oxygen atoms in total. The molecule has 1 aliphatic rings. The van der Waals surface area contributed by atoms with Crippen molar-refractivity contribution >= 4 is 11.8 Å². The largest absolute Gasteiger partial charge is 0.356 e. The summed E-state index contributed by atoms with van der Waals surface area (Å²) in [6.07, 6.45) is 4.49. The van der Waals surface area contributed by atoms with E-state index in [0.29, 0.717) is 51.2 Å². The quantitative estimate of drug-likeness (QED) is 0.243. The van der Waals surface area contributed by atoms with E-state index in [2.05, 4.69) is 34.2 Å². The SMILES string of the molecule is [13CH3][C@@H]1CCC[C@H]([13CH3])N1C[13C](=O)[15NH][13CH2]CC(=O)NCCCON. The number of likely N-dealkylation sites (tertiary alicyclic amines) is 1. The van der Waals surface area contributed by atoms with E-state index in [1.54, 1.807) is 0 Å². The molecule has 4 N–H and O–H groups in total. The van der Waals surface area contributed by atoms with Crippen LogP contribution in [0.3, 0.4) is 0 Å². The van der Waals surface area contributed by atoms with Crippen molar-refractivity contribution in [1.29, 1.82) is 0 Å². The highest BCUT2D eigenvalue weighted by atomic mass is 16.6. The number of nitrogens with one attached hydrogen (secondary N) is 2. The minimum absolute atomic E-state index is 0.00932. The van der Waals surface area contributed by atoms with Gasteiger partial charge in [-0.25, -0.2) is 5.90 Å². The fourth-order valence-electron chi connectivity index (χ4n) is 2.80. The minimum Gasteiger partial charge on any atom is -0.356 e. The second-order valence-corrected chi connectivity index (χ2v) is 5.98. The van der Waals surface area contributed by atoms with Crippen molar-refractivity contribution in [2.75, 3.05) is 26.2 Å². The zero-order valence-electron chi connectivity index (χ0n) is 13.8. The van der Waals surface area contributed by atoms with E-state index in [9.17, 15) is 9.59 Å². The van der Waals surface area contributed by atoms with E-state index in [4.69, 9.17) is 5.90 Å². The summed E-state index contributed by atoms with van der Waals surface area (Å²) < 4.78 is 0. The first kappa shape index (κ1) is 18.9. The highest BCUT2D eigenvalue weighted by molar-refractivity contribution is 5.80. The lowest BCUT2D eigenvalue weighted by Gasteiger charge is -2.38. The van der Waals surface area contributed by atoms with Crippen molar-refractivity contribution < 1.29 is 14.4 Å². The van der Waals surface area contributed by atoms with Gasteiger partial charge >= 0.3 is 0 Å². The third-order valence-electron chi connectivity index (χ3n) is 4.14. The van der Waals surface area contributed by atoms with Gasteiger partial charge in [-0.05, 0) is 33.1 Å². The number of nitrogens with two attached hydrogens (primary N) is 1. The Hall–Kier alpha value is -1.18. The van der Waals surface area contributed by atoms with E-state index in [1.165, 1.54) is 6.42 Å². The minimum atomic E-state index is -0.0722. The van der Waals surface area contributed by atoms with Crippen molar-refractivity contribution in [1.82, 2.24) is 15.5 Å². The van der Waals surface area contributed by atoms with Crippen LogP contribution in [-0.2, 0) is 14.4 Å². The predicted molar refractivity (Wildman–Crippen MR) is 84.9 cm³/mol. The van der Waals surface area contributed by atoms with Crippen molar-refractivity contribution in [2.45, 2.75) is 58.0 Å². The summed E-state index contributed by atoms with van der Waals surface area (Å²) in [5, 5.41) is 5.57. The molecular formula is C15H30N4O3. The number of carbonyl (C=O) groups is 2. The van der Waals surface area contributed by atoms with Crippen LogP contribution in [0.5, 0.6) is 0 Å². The summed E-state index contributed by atoms with van der Waals surface area (Å²) in [6, 6.07) is 0.894. The van der Waals surface area contributed by atoms with E-state index < -0.39 is 0 Å². The van der Waals surface area contributed by atoms with Gasteiger partial charge < -0.3 is 15.5 Å². The van der Waals surface area contributed by atoms with Gasteiger partial charge in [0.25, 0.3) is 0 Å². The Balaban J connectivity index is 2.13. The van der Waals surface area contributed by atoms with Crippen LogP contribution in [0, 0.1) is 0 Å². The molecule has 0 bridgehead atoms. The normalized spacial score (nSPS) is 22.3. The van der Waals surface area contributed by atoms with Gasteiger partial charge in [0.1, 0.15) is 0 Å². The van der Waals surface area contributed by atoms with Gasteiger partial charge in [-0.15, -0.1) is 0 Å².